The zero-order valence-corrected chi connectivity index (χ0v) is 12.3. The fraction of sp³-hybridized carbons (Fsp3) is 0.118. The zero-order valence-electron chi connectivity index (χ0n) is 11.5. The van der Waals surface area contributed by atoms with Crippen LogP contribution in [0.3, 0.4) is 0 Å². The molecule has 106 valence electrons. The van der Waals surface area contributed by atoms with Crippen molar-refractivity contribution in [3.8, 4) is 0 Å². The van der Waals surface area contributed by atoms with Crippen molar-refractivity contribution in [3.63, 3.8) is 0 Å². The van der Waals surface area contributed by atoms with Gasteiger partial charge in [0.15, 0.2) is 5.82 Å². The summed E-state index contributed by atoms with van der Waals surface area (Å²) in [5.41, 5.74) is 3.37. The Morgan fingerprint density at radius 1 is 1.14 bits per heavy atom. The summed E-state index contributed by atoms with van der Waals surface area (Å²) in [5.74, 6) is -0.422. The van der Waals surface area contributed by atoms with Gasteiger partial charge in [-0.15, -0.1) is 0 Å². The van der Waals surface area contributed by atoms with E-state index in [4.69, 9.17) is 11.6 Å². The van der Waals surface area contributed by atoms with Crippen molar-refractivity contribution in [2.24, 2.45) is 0 Å². The third-order valence-electron chi connectivity index (χ3n) is 3.35. The molecule has 0 bridgehead atoms. The fourth-order valence-electron chi connectivity index (χ4n) is 2.37. The quantitative estimate of drug-likeness (QED) is 0.740. The molecule has 4 heteroatoms. The summed E-state index contributed by atoms with van der Waals surface area (Å²) in [4.78, 5) is 4.50. The van der Waals surface area contributed by atoms with Crippen LogP contribution in [0.5, 0.6) is 0 Å². The molecule has 0 aliphatic rings. The van der Waals surface area contributed by atoms with E-state index >= 15 is 0 Å². The van der Waals surface area contributed by atoms with Gasteiger partial charge in [0.2, 0.25) is 0 Å². The first-order chi connectivity index (χ1) is 10.1. The SMILES string of the molecule is Cc1cc(CNc2cccc(Cl)c2F)c2ccccc2n1. The van der Waals surface area contributed by atoms with Crippen LogP contribution in [0.15, 0.2) is 48.5 Å². The Hall–Kier alpha value is -2.13. The third kappa shape index (κ3) is 2.83. The molecule has 0 aliphatic carbocycles. The van der Waals surface area contributed by atoms with Crippen LogP contribution in [0.2, 0.25) is 5.02 Å². The van der Waals surface area contributed by atoms with E-state index in [1.165, 1.54) is 6.07 Å². The summed E-state index contributed by atoms with van der Waals surface area (Å²) in [6.07, 6.45) is 0. The number of nitrogens with one attached hydrogen (secondary N) is 1. The zero-order chi connectivity index (χ0) is 14.8. The Morgan fingerprint density at radius 3 is 2.81 bits per heavy atom. The maximum Gasteiger partial charge on any atom is 0.164 e. The second kappa shape index (κ2) is 5.70. The van der Waals surface area contributed by atoms with Crippen LogP contribution in [0.25, 0.3) is 10.9 Å². The first-order valence-corrected chi connectivity index (χ1v) is 7.06. The van der Waals surface area contributed by atoms with Crippen LogP contribution in [0.4, 0.5) is 10.1 Å². The van der Waals surface area contributed by atoms with Gasteiger partial charge in [0.25, 0.3) is 0 Å². The summed E-state index contributed by atoms with van der Waals surface area (Å²) in [6.45, 7) is 2.47. The highest BCUT2D eigenvalue weighted by Gasteiger charge is 2.07. The van der Waals surface area contributed by atoms with Crippen molar-refractivity contribution in [1.82, 2.24) is 4.98 Å². The molecule has 0 fully saturated rings. The highest BCUT2D eigenvalue weighted by Crippen LogP contribution is 2.24. The molecule has 3 aromatic rings. The number of nitrogens with zero attached hydrogens (tertiary/aromatic N) is 1. The number of fused-ring (bicyclic) bond motifs is 1. The Kier molecular flexibility index (Phi) is 3.76. The Bertz CT molecular complexity index is 802. The molecule has 0 spiro atoms. The Labute approximate surface area is 127 Å². The molecular formula is C17H14ClFN2. The Morgan fingerprint density at radius 2 is 1.95 bits per heavy atom. The highest BCUT2D eigenvalue weighted by molar-refractivity contribution is 6.31. The lowest BCUT2D eigenvalue weighted by atomic mass is 10.1. The second-order valence-electron chi connectivity index (χ2n) is 4.89. The van der Waals surface area contributed by atoms with Crippen molar-refractivity contribution < 1.29 is 4.39 Å². The van der Waals surface area contributed by atoms with Crippen LogP contribution in [0, 0.1) is 12.7 Å². The molecule has 2 aromatic carbocycles. The number of rotatable bonds is 3. The summed E-state index contributed by atoms with van der Waals surface area (Å²) >= 11 is 5.79. The first kappa shape index (κ1) is 13.8. The predicted octanol–water partition coefficient (Wildman–Crippen LogP) is 4.95. The second-order valence-corrected chi connectivity index (χ2v) is 5.30. The lowest BCUT2D eigenvalue weighted by Crippen LogP contribution is -2.03. The lowest BCUT2D eigenvalue weighted by molar-refractivity contribution is 0.630. The number of aromatic nitrogens is 1. The average molecular weight is 301 g/mol. The maximum absolute atomic E-state index is 13.9. The van der Waals surface area contributed by atoms with Gasteiger partial charge >= 0.3 is 0 Å². The molecule has 0 radical (unpaired) electrons. The number of hydrogen-bond donors (Lipinski definition) is 1. The highest BCUT2D eigenvalue weighted by atomic mass is 35.5. The molecule has 3 rings (SSSR count). The molecule has 0 amide bonds. The van der Waals surface area contributed by atoms with Gasteiger partial charge in [0.05, 0.1) is 16.2 Å². The number of benzene rings is 2. The van der Waals surface area contributed by atoms with Gasteiger partial charge in [-0.3, -0.25) is 4.98 Å². The summed E-state index contributed by atoms with van der Waals surface area (Å²) in [5, 5.41) is 4.29. The number of anilines is 1. The molecule has 21 heavy (non-hydrogen) atoms. The van der Waals surface area contributed by atoms with E-state index < -0.39 is 5.82 Å². The molecule has 0 saturated carbocycles. The molecule has 0 aliphatic heterocycles. The molecular weight excluding hydrogens is 287 g/mol. The molecule has 0 saturated heterocycles. The standard InChI is InChI=1S/C17H14ClFN2/c1-11-9-12(13-5-2-3-7-15(13)21-11)10-20-16-8-4-6-14(18)17(16)19/h2-9,20H,10H2,1H3. The minimum absolute atomic E-state index is 0.121. The van der Waals surface area contributed by atoms with Crippen molar-refractivity contribution in [2.75, 3.05) is 5.32 Å². The van der Waals surface area contributed by atoms with Crippen LogP contribution < -0.4 is 5.32 Å². The minimum atomic E-state index is -0.422. The van der Waals surface area contributed by atoms with Crippen LogP contribution in [0.1, 0.15) is 11.3 Å². The van der Waals surface area contributed by atoms with Crippen molar-refractivity contribution in [3.05, 3.63) is 70.6 Å². The number of hydrogen-bond acceptors (Lipinski definition) is 2. The van der Waals surface area contributed by atoms with E-state index in [1.807, 2.05) is 37.3 Å². The van der Waals surface area contributed by atoms with E-state index in [1.54, 1.807) is 12.1 Å². The maximum atomic E-state index is 13.9. The largest absolute Gasteiger partial charge is 0.379 e. The summed E-state index contributed by atoms with van der Waals surface area (Å²) in [7, 11) is 0. The topological polar surface area (TPSA) is 24.9 Å². The van der Waals surface area contributed by atoms with E-state index in [2.05, 4.69) is 10.3 Å². The van der Waals surface area contributed by atoms with Crippen molar-refractivity contribution in [2.45, 2.75) is 13.5 Å². The van der Waals surface area contributed by atoms with Crippen LogP contribution in [-0.2, 0) is 6.54 Å². The molecule has 1 aromatic heterocycles. The van der Waals surface area contributed by atoms with Crippen molar-refractivity contribution in [1.29, 1.82) is 0 Å². The van der Waals surface area contributed by atoms with Gasteiger partial charge in [-0.1, -0.05) is 35.9 Å². The number of pyridine rings is 1. The molecule has 0 atom stereocenters. The smallest absolute Gasteiger partial charge is 0.164 e. The number of halogens is 2. The molecule has 1 N–H and O–H groups in total. The molecule has 2 nitrogen and oxygen atoms in total. The van der Waals surface area contributed by atoms with E-state index in [0.29, 0.717) is 12.2 Å². The van der Waals surface area contributed by atoms with E-state index in [9.17, 15) is 4.39 Å². The predicted molar refractivity (Wildman–Crippen MR) is 85.2 cm³/mol. The first-order valence-electron chi connectivity index (χ1n) is 6.68. The van der Waals surface area contributed by atoms with Gasteiger partial charge in [-0.25, -0.2) is 4.39 Å². The van der Waals surface area contributed by atoms with E-state index in [-0.39, 0.29) is 5.02 Å². The fourth-order valence-corrected chi connectivity index (χ4v) is 2.55. The summed E-state index contributed by atoms with van der Waals surface area (Å²) < 4.78 is 13.9. The number of aryl methyl sites for hydroxylation is 1. The monoisotopic (exact) mass is 300 g/mol. The summed E-state index contributed by atoms with van der Waals surface area (Å²) in [6, 6.07) is 14.9. The van der Waals surface area contributed by atoms with Crippen LogP contribution in [-0.4, -0.2) is 4.98 Å². The third-order valence-corrected chi connectivity index (χ3v) is 3.64. The minimum Gasteiger partial charge on any atom is -0.379 e. The molecule has 0 unspecified atom stereocenters. The van der Waals surface area contributed by atoms with Gasteiger partial charge in [-0.05, 0) is 36.8 Å². The van der Waals surface area contributed by atoms with Gasteiger partial charge in [0, 0.05) is 17.6 Å². The average Bonchev–Trinajstić information content (AvgIpc) is 2.48. The van der Waals surface area contributed by atoms with Crippen LogP contribution >= 0.6 is 11.6 Å². The Balaban J connectivity index is 1.93. The number of para-hydroxylation sites is 1. The molecule has 1 heterocycles. The van der Waals surface area contributed by atoms with E-state index in [0.717, 1.165) is 22.2 Å². The van der Waals surface area contributed by atoms with Crippen molar-refractivity contribution >= 4 is 28.2 Å². The normalized spacial score (nSPS) is 10.8. The lowest BCUT2D eigenvalue weighted by Gasteiger charge is -2.11. The van der Waals surface area contributed by atoms with Gasteiger partial charge in [0.1, 0.15) is 0 Å². The van der Waals surface area contributed by atoms with Gasteiger partial charge < -0.3 is 5.32 Å². The van der Waals surface area contributed by atoms with Gasteiger partial charge in [-0.2, -0.15) is 0 Å².